The van der Waals surface area contributed by atoms with Crippen LogP contribution >= 0.6 is 0 Å². The first kappa shape index (κ1) is 15.3. The normalized spacial score (nSPS) is 23.2. The summed E-state index contributed by atoms with van der Waals surface area (Å²) in [4.78, 5) is 25.8. The van der Waals surface area contributed by atoms with Gasteiger partial charge >= 0.3 is 0 Å². The van der Waals surface area contributed by atoms with Crippen LogP contribution in [0, 0.1) is 5.92 Å². The molecule has 114 valence electrons. The van der Waals surface area contributed by atoms with Crippen LogP contribution in [-0.2, 0) is 9.59 Å². The third-order valence-corrected chi connectivity index (χ3v) is 3.86. The molecule has 0 bridgehead atoms. The van der Waals surface area contributed by atoms with Crippen molar-refractivity contribution in [3.05, 3.63) is 0 Å². The van der Waals surface area contributed by atoms with Crippen molar-refractivity contribution in [1.82, 2.24) is 15.5 Å². The van der Waals surface area contributed by atoms with Crippen molar-refractivity contribution in [2.75, 3.05) is 19.6 Å². The van der Waals surface area contributed by atoms with Gasteiger partial charge in [0.15, 0.2) is 0 Å². The molecule has 1 saturated heterocycles. The SMILES string of the molecule is CC(C)CNC(=O)CCN1CCCC(NC2CC2)C1=O. The van der Waals surface area contributed by atoms with Gasteiger partial charge in [0.25, 0.3) is 0 Å². The van der Waals surface area contributed by atoms with E-state index in [1.807, 2.05) is 4.90 Å². The van der Waals surface area contributed by atoms with Crippen molar-refractivity contribution in [3.8, 4) is 0 Å². The van der Waals surface area contributed by atoms with E-state index in [1.165, 1.54) is 12.8 Å². The largest absolute Gasteiger partial charge is 0.356 e. The number of hydrogen-bond donors (Lipinski definition) is 2. The molecule has 1 aliphatic heterocycles. The molecule has 1 heterocycles. The van der Waals surface area contributed by atoms with Crippen LogP contribution in [0.4, 0.5) is 0 Å². The van der Waals surface area contributed by atoms with E-state index in [0.29, 0.717) is 31.5 Å². The van der Waals surface area contributed by atoms with Crippen LogP contribution < -0.4 is 10.6 Å². The zero-order valence-corrected chi connectivity index (χ0v) is 12.7. The lowest BCUT2D eigenvalue weighted by Gasteiger charge is -2.32. The van der Waals surface area contributed by atoms with Gasteiger partial charge in [-0.25, -0.2) is 0 Å². The monoisotopic (exact) mass is 281 g/mol. The van der Waals surface area contributed by atoms with Gasteiger partial charge in [0, 0.05) is 32.1 Å². The van der Waals surface area contributed by atoms with E-state index in [9.17, 15) is 9.59 Å². The van der Waals surface area contributed by atoms with Gasteiger partial charge in [-0.05, 0) is 31.6 Å². The zero-order chi connectivity index (χ0) is 14.5. The molecular formula is C15H27N3O2. The summed E-state index contributed by atoms with van der Waals surface area (Å²) in [5.74, 6) is 0.686. The molecule has 1 aliphatic carbocycles. The lowest BCUT2D eigenvalue weighted by Crippen LogP contribution is -2.51. The Balaban J connectivity index is 1.71. The summed E-state index contributed by atoms with van der Waals surface area (Å²) in [6.07, 6.45) is 4.77. The van der Waals surface area contributed by atoms with Crippen molar-refractivity contribution in [3.63, 3.8) is 0 Å². The predicted octanol–water partition coefficient (Wildman–Crippen LogP) is 0.892. The smallest absolute Gasteiger partial charge is 0.239 e. The number of likely N-dealkylation sites (tertiary alicyclic amines) is 1. The molecule has 20 heavy (non-hydrogen) atoms. The topological polar surface area (TPSA) is 61.4 Å². The quantitative estimate of drug-likeness (QED) is 0.728. The molecule has 2 fully saturated rings. The van der Waals surface area contributed by atoms with Crippen LogP contribution in [0.2, 0.25) is 0 Å². The van der Waals surface area contributed by atoms with E-state index in [1.54, 1.807) is 0 Å². The van der Waals surface area contributed by atoms with Gasteiger partial charge in [0.2, 0.25) is 11.8 Å². The summed E-state index contributed by atoms with van der Waals surface area (Å²) in [7, 11) is 0. The number of carbonyl (C=O) groups excluding carboxylic acids is 2. The van der Waals surface area contributed by atoms with Crippen molar-refractivity contribution in [2.45, 2.75) is 58.0 Å². The first-order chi connectivity index (χ1) is 9.56. The molecule has 2 amide bonds. The van der Waals surface area contributed by atoms with Crippen molar-refractivity contribution >= 4 is 11.8 Å². The highest BCUT2D eigenvalue weighted by atomic mass is 16.2. The second-order valence-electron chi connectivity index (χ2n) is 6.41. The Kier molecular flexibility index (Phi) is 5.40. The average molecular weight is 281 g/mol. The summed E-state index contributed by atoms with van der Waals surface area (Å²) in [6.45, 7) is 6.19. The van der Waals surface area contributed by atoms with Crippen LogP contribution in [0.15, 0.2) is 0 Å². The van der Waals surface area contributed by atoms with E-state index < -0.39 is 0 Å². The molecule has 1 saturated carbocycles. The zero-order valence-electron chi connectivity index (χ0n) is 12.7. The van der Waals surface area contributed by atoms with Crippen LogP contribution in [0.3, 0.4) is 0 Å². The lowest BCUT2D eigenvalue weighted by atomic mass is 10.0. The number of nitrogens with one attached hydrogen (secondary N) is 2. The molecule has 0 radical (unpaired) electrons. The second kappa shape index (κ2) is 7.07. The fraction of sp³-hybridized carbons (Fsp3) is 0.867. The minimum atomic E-state index is -0.0185. The van der Waals surface area contributed by atoms with E-state index in [4.69, 9.17) is 0 Å². The van der Waals surface area contributed by atoms with Gasteiger partial charge in [-0.3, -0.25) is 9.59 Å². The Labute approximate surface area is 121 Å². The van der Waals surface area contributed by atoms with Crippen LogP contribution in [0.25, 0.3) is 0 Å². The molecule has 2 aliphatic rings. The number of hydrogen-bond acceptors (Lipinski definition) is 3. The summed E-state index contributed by atoms with van der Waals surface area (Å²) in [6, 6.07) is 0.535. The minimum Gasteiger partial charge on any atom is -0.356 e. The maximum Gasteiger partial charge on any atom is 0.239 e. The molecule has 2 N–H and O–H groups in total. The molecule has 0 spiro atoms. The Bertz CT molecular complexity index is 353. The van der Waals surface area contributed by atoms with Gasteiger partial charge in [0.1, 0.15) is 0 Å². The Hall–Kier alpha value is -1.10. The Morgan fingerprint density at radius 1 is 1.35 bits per heavy atom. The second-order valence-corrected chi connectivity index (χ2v) is 6.41. The summed E-state index contributed by atoms with van der Waals surface area (Å²) < 4.78 is 0. The molecule has 0 aromatic heterocycles. The highest BCUT2D eigenvalue weighted by molar-refractivity contribution is 5.83. The molecule has 0 aromatic rings. The van der Waals surface area contributed by atoms with Crippen LogP contribution in [0.1, 0.15) is 46.0 Å². The van der Waals surface area contributed by atoms with Crippen LogP contribution in [0.5, 0.6) is 0 Å². The summed E-state index contributed by atoms with van der Waals surface area (Å²) in [5.41, 5.74) is 0. The molecule has 5 heteroatoms. The maximum absolute atomic E-state index is 12.3. The summed E-state index contributed by atoms with van der Waals surface area (Å²) in [5, 5.41) is 6.31. The number of amides is 2. The lowest BCUT2D eigenvalue weighted by molar-refractivity contribution is -0.136. The molecule has 0 aromatic carbocycles. The van der Waals surface area contributed by atoms with Gasteiger partial charge < -0.3 is 15.5 Å². The number of rotatable bonds is 7. The number of piperidine rings is 1. The fourth-order valence-corrected chi connectivity index (χ4v) is 2.49. The molecule has 1 atom stereocenters. The first-order valence-electron chi connectivity index (χ1n) is 7.88. The Morgan fingerprint density at radius 3 is 2.75 bits per heavy atom. The molecule has 1 unspecified atom stereocenters. The van der Waals surface area contributed by atoms with E-state index in [-0.39, 0.29) is 17.9 Å². The maximum atomic E-state index is 12.3. The number of nitrogens with zero attached hydrogens (tertiary/aromatic N) is 1. The molecular weight excluding hydrogens is 254 g/mol. The summed E-state index contributed by atoms with van der Waals surface area (Å²) >= 11 is 0. The van der Waals surface area contributed by atoms with E-state index in [2.05, 4.69) is 24.5 Å². The van der Waals surface area contributed by atoms with Gasteiger partial charge in [-0.2, -0.15) is 0 Å². The van der Waals surface area contributed by atoms with E-state index in [0.717, 1.165) is 19.4 Å². The first-order valence-corrected chi connectivity index (χ1v) is 7.88. The standard InChI is InChI=1S/C15H27N3O2/c1-11(2)10-16-14(19)7-9-18-8-3-4-13(15(18)20)17-12-5-6-12/h11-13,17H,3-10H2,1-2H3,(H,16,19). The highest BCUT2D eigenvalue weighted by Crippen LogP contribution is 2.22. The fourth-order valence-electron chi connectivity index (χ4n) is 2.49. The van der Waals surface area contributed by atoms with Gasteiger partial charge in [-0.15, -0.1) is 0 Å². The van der Waals surface area contributed by atoms with Crippen molar-refractivity contribution in [1.29, 1.82) is 0 Å². The third kappa shape index (κ3) is 4.78. The third-order valence-electron chi connectivity index (χ3n) is 3.86. The van der Waals surface area contributed by atoms with Crippen molar-refractivity contribution < 1.29 is 9.59 Å². The minimum absolute atomic E-state index is 0.0185. The average Bonchev–Trinajstić information content (AvgIpc) is 3.21. The highest BCUT2D eigenvalue weighted by Gasteiger charge is 2.33. The van der Waals surface area contributed by atoms with Crippen LogP contribution in [-0.4, -0.2) is 48.4 Å². The van der Waals surface area contributed by atoms with Gasteiger partial charge in [0.05, 0.1) is 6.04 Å². The van der Waals surface area contributed by atoms with Crippen molar-refractivity contribution in [2.24, 2.45) is 5.92 Å². The molecule has 5 nitrogen and oxygen atoms in total. The van der Waals surface area contributed by atoms with E-state index >= 15 is 0 Å². The molecule has 2 rings (SSSR count). The van der Waals surface area contributed by atoms with Gasteiger partial charge in [-0.1, -0.05) is 13.8 Å². The Morgan fingerprint density at radius 2 is 2.10 bits per heavy atom. The number of carbonyl (C=O) groups is 2. The predicted molar refractivity (Wildman–Crippen MR) is 78.2 cm³/mol.